The second kappa shape index (κ2) is 8.22. The van der Waals surface area contributed by atoms with Crippen LogP contribution in [0.1, 0.15) is 32.2 Å². The van der Waals surface area contributed by atoms with Gasteiger partial charge in [0.25, 0.3) is 0 Å². The maximum atomic E-state index is 9.19. The van der Waals surface area contributed by atoms with Gasteiger partial charge in [-0.2, -0.15) is 5.26 Å². The minimum Gasteiger partial charge on any atom is -0.373 e. The summed E-state index contributed by atoms with van der Waals surface area (Å²) in [6.45, 7) is 6.97. The predicted molar refractivity (Wildman–Crippen MR) is 116 cm³/mol. The molecular formula is C21H19BrClN5. The molecule has 5 nitrogen and oxygen atoms in total. The van der Waals surface area contributed by atoms with Crippen molar-refractivity contribution in [1.29, 1.82) is 5.26 Å². The van der Waals surface area contributed by atoms with E-state index in [9.17, 15) is 5.26 Å². The summed E-state index contributed by atoms with van der Waals surface area (Å²) in [6.07, 6.45) is 3.43. The van der Waals surface area contributed by atoms with E-state index in [1.807, 2.05) is 32.0 Å². The van der Waals surface area contributed by atoms with E-state index >= 15 is 0 Å². The minimum atomic E-state index is -0.601. The van der Waals surface area contributed by atoms with Crippen molar-refractivity contribution in [1.82, 2.24) is 14.5 Å². The minimum absolute atomic E-state index is 0.470. The van der Waals surface area contributed by atoms with Crippen LogP contribution in [-0.4, -0.2) is 21.1 Å². The highest BCUT2D eigenvalue weighted by Gasteiger charge is 2.20. The van der Waals surface area contributed by atoms with Gasteiger partial charge in [0.1, 0.15) is 0 Å². The molecule has 0 aromatic carbocycles. The number of aryl methyl sites for hydroxylation is 1. The molecule has 1 N–H and O–H groups in total. The van der Waals surface area contributed by atoms with Crippen LogP contribution in [0.4, 0.5) is 5.69 Å². The molecule has 0 unspecified atom stereocenters. The molecule has 0 aliphatic heterocycles. The summed E-state index contributed by atoms with van der Waals surface area (Å²) in [4.78, 5) is 8.58. The zero-order valence-corrected chi connectivity index (χ0v) is 18.2. The quantitative estimate of drug-likeness (QED) is 0.436. The smallest absolute Gasteiger partial charge is 0.153 e. The highest BCUT2D eigenvalue weighted by atomic mass is 79.9. The van der Waals surface area contributed by atoms with Crippen LogP contribution in [-0.2, 0) is 12.0 Å². The van der Waals surface area contributed by atoms with Crippen molar-refractivity contribution >= 4 is 44.1 Å². The van der Waals surface area contributed by atoms with Crippen molar-refractivity contribution < 1.29 is 0 Å². The number of rotatable bonds is 4. The van der Waals surface area contributed by atoms with Gasteiger partial charge in [-0.15, -0.1) is 0 Å². The second-order valence-electron chi connectivity index (χ2n) is 6.76. The average molecular weight is 457 g/mol. The summed E-state index contributed by atoms with van der Waals surface area (Å²) in [7, 11) is 0. The highest BCUT2D eigenvalue weighted by Crippen LogP contribution is 2.31. The Morgan fingerprint density at radius 2 is 2.07 bits per heavy atom. The van der Waals surface area contributed by atoms with E-state index in [2.05, 4.69) is 60.6 Å². The lowest BCUT2D eigenvalue weighted by molar-refractivity contribution is 0.660. The van der Waals surface area contributed by atoms with Gasteiger partial charge in [0, 0.05) is 22.6 Å². The first kappa shape index (κ1) is 20.2. The van der Waals surface area contributed by atoms with Crippen LogP contribution in [0.3, 0.4) is 0 Å². The van der Waals surface area contributed by atoms with Crippen LogP contribution < -0.4 is 5.32 Å². The van der Waals surface area contributed by atoms with Gasteiger partial charge in [-0.1, -0.05) is 17.5 Å². The average Bonchev–Trinajstić information content (AvgIpc) is 3.08. The maximum absolute atomic E-state index is 9.19. The number of fused-ring (bicyclic) bond motifs is 1. The number of anilines is 1. The predicted octanol–water partition coefficient (Wildman–Crippen LogP) is 5.13. The zero-order valence-electron chi connectivity index (χ0n) is 15.8. The Kier molecular flexibility index (Phi) is 5.93. The Labute approximate surface area is 177 Å². The number of nitriles is 1. The Bertz CT molecular complexity index is 1110. The summed E-state index contributed by atoms with van der Waals surface area (Å²) >= 11 is 9.81. The summed E-state index contributed by atoms with van der Waals surface area (Å²) in [5.41, 5.74) is 2.78. The van der Waals surface area contributed by atoms with Crippen molar-refractivity contribution in [2.24, 2.45) is 0 Å². The van der Waals surface area contributed by atoms with E-state index in [1.165, 1.54) is 0 Å². The molecule has 3 aromatic rings. The molecule has 0 fully saturated rings. The fourth-order valence-corrected chi connectivity index (χ4v) is 3.49. The number of hydrogen-bond donors (Lipinski definition) is 1. The van der Waals surface area contributed by atoms with E-state index in [1.54, 1.807) is 12.4 Å². The lowest BCUT2D eigenvalue weighted by atomic mass is 9.91. The van der Waals surface area contributed by atoms with Gasteiger partial charge in [0.2, 0.25) is 0 Å². The van der Waals surface area contributed by atoms with Crippen LogP contribution in [0.2, 0.25) is 5.15 Å². The molecule has 0 aliphatic rings. The van der Waals surface area contributed by atoms with E-state index in [-0.39, 0.29) is 0 Å². The first-order chi connectivity index (χ1) is 13.4. The van der Waals surface area contributed by atoms with Crippen molar-refractivity contribution in [2.45, 2.75) is 32.7 Å². The number of halogens is 2. The molecular weight excluding hydrogens is 438 g/mol. The Morgan fingerprint density at radius 1 is 1.29 bits per heavy atom. The molecule has 0 saturated heterocycles. The molecule has 0 atom stereocenters. The zero-order chi connectivity index (χ0) is 20.3. The van der Waals surface area contributed by atoms with Crippen LogP contribution in [0.15, 0.2) is 35.1 Å². The van der Waals surface area contributed by atoms with Gasteiger partial charge in [-0.3, -0.25) is 4.98 Å². The molecule has 3 rings (SSSR count). The molecule has 28 heavy (non-hydrogen) atoms. The van der Waals surface area contributed by atoms with Gasteiger partial charge in [-0.05, 0) is 60.8 Å². The Morgan fingerprint density at radius 3 is 2.71 bits per heavy atom. The van der Waals surface area contributed by atoms with Crippen LogP contribution in [0.5, 0.6) is 0 Å². The van der Waals surface area contributed by atoms with Crippen LogP contribution in [0, 0.1) is 23.2 Å². The summed E-state index contributed by atoms with van der Waals surface area (Å²) in [5.74, 6) is 6.34. The fourth-order valence-electron chi connectivity index (χ4n) is 2.84. The number of aromatic nitrogens is 3. The normalized spacial score (nSPS) is 11.0. The lowest BCUT2D eigenvalue weighted by Gasteiger charge is -2.14. The van der Waals surface area contributed by atoms with E-state index in [0.717, 1.165) is 39.0 Å². The Hall–Kier alpha value is -2.54. The molecule has 142 valence electrons. The summed E-state index contributed by atoms with van der Waals surface area (Å²) < 4.78 is 2.95. The first-order valence-electron chi connectivity index (χ1n) is 8.81. The van der Waals surface area contributed by atoms with Crippen molar-refractivity contribution in [2.75, 3.05) is 11.9 Å². The SMILES string of the molecule is CCn1c(C#CCNc2ccc(C(C)(C)C#N)nc2)cc2c(Br)cnc(Cl)c21. The van der Waals surface area contributed by atoms with E-state index in [4.69, 9.17) is 11.6 Å². The molecule has 0 aliphatic carbocycles. The Balaban J connectivity index is 1.76. The third-order valence-electron chi connectivity index (χ3n) is 4.44. The van der Waals surface area contributed by atoms with Gasteiger partial charge >= 0.3 is 0 Å². The third-order valence-corrected chi connectivity index (χ3v) is 5.35. The standard InChI is InChI=1S/C21H19BrClN5/c1-4-28-15(10-16-17(22)12-27-20(23)19(16)28)6-5-9-25-14-7-8-18(26-11-14)21(2,3)13-24/h7-8,10-12,25H,4,9H2,1-3H3. The number of hydrogen-bond acceptors (Lipinski definition) is 4. The van der Waals surface area contributed by atoms with Gasteiger partial charge in [0.05, 0.1) is 46.8 Å². The van der Waals surface area contributed by atoms with Crippen molar-refractivity contribution in [3.8, 4) is 17.9 Å². The number of nitrogens with zero attached hydrogens (tertiary/aromatic N) is 4. The molecule has 0 radical (unpaired) electrons. The molecule has 3 heterocycles. The summed E-state index contributed by atoms with van der Waals surface area (Å²) in [6, 6.07) is 8.04. The molecule has 0 saturated carbocycles. The molecule has 0 spiro atoms. The molecule has 0 bridgehead atoms. The van der Waals surface area contributed by atoms with Gasteiger partial charge in [0.15, 0.2) is 5.15 Å². The lowest BCUT2D eigenvalue weighted by Crippen LogP contribution is -2.15. The van der Waals surface area contributed by atoms with Crippen LogP contribution >= 0.6 is 27.5 Å². The first-order valence-corrected chi connectivity index (χ1v) is 9.98. The van der Waals surface area contributed by atoms with Gasteiger partial charge in [-0.25, -0.2) is 4.98 Å². The van der Waals surface area contributed by atoms with Crippen molar-refractivity contribution in [3.05, 3.63) is 51.6 Å². The molecule has 7 heteroatoms. The topological polar surface area (TPSA) is 66.5 Å². The largest absolute Gasteiger partial charge is 0.373 e. The summed E-state index contributed by atoms with van der Waals surface area (Å²) in [5, 5.41) is 13.9. The maximum Gasteiger partial charge on any atom is 0.153 e. The second-order valence-corrected chi connectivity index (χ2v) is 7.97. The highest BCUT2D eigenvalue weighted by molar-refractivity contribution is 9.10. The van der Waals surface area contributed by atoms with Crippen molar-refractivity contribution in [3.63, 3.8) is 0 Å². The van der Waals surface area contributed by atoms with E-state index < -0.39 is 5.41 Å². The number of nitrogens with one attached hydrogen (secondary N) is 1. The van der Waals surface area contributed by atoms with Crippen LogP contribution in [0.25, 0.3) is 10.9 Å². The van der Waals surface area contributed by atoms with Gasteiger partial charge < -0.3 is 9.88 Å². The fraction of sp³-hybridized carbons (Fsp3) is 0.286. The third kappa shape index (κ3) is 3.99. The molecule has 3 aromatic heterocycles. The van der Waals surface area contributed by atoms with E-state index in [0.29, 0.717) is 11.7 Å². The monoisotopic (exact) mass is 455 g/mol. The number of pyridine rings is 2. The molecule has 0 amide bonds.